The van der Waals surface area contributed by atoms with Crippen molar-refractivity contribution < 1.29 is 10.2 Å². The van der Waals surface area contributed by atoms with Crippen molar-refractivity contribution in [1.82, 2.24) is 10.2 Å². The van der Waals surface area contributed by atoms with E-state index in [4.69, 9.17) is 5.11 Å². The zero-order valence-corrected chi connectivity index (χ0v) is 10.3. The number of benzene rings is 1. The fraction of sp³-hybridized carbons (Fsp3) is 0.538. The maximum Gasteiger partial charge on any atom is 0.0791 e. The molecule has 4 nitrogen and oxygen atoms in total. The first-order valence-corrected chi connectivity index (χ1v) is 5.94. The van der Waals surface area contributed by atoms with Crippen LogP contribution in [0.4, 0.5) is 0 Å². The zero-order valence-electron chi connectivity index (χ0n) is 10.3. The topological polar surface area (TPSA) is 55.7 Å². The van der Waals surface area contributed by atoms with Crippen molar-refractivity contribution in [1.29, 1.82) is 0 Å². The molecule has 0 aliphatic carbocycles. The minimum Gasteiger partial charge on any atom is -0.395 e. The van der Waals surface area contributed by atoms with E-state index < -0.39 is 6.10 Å². The Balaban J connectivity index is 2.22. The molecule has 1 aromatic carbocycles. The Morgan fingerprint density at radius 2 is 2.00 bits per heavy atom. The van der Waals surface area contributed by atoms with Crippen LogP contribution in [0.25, 0.3) is 0 Å². The second kappa shape index (κ2) is 8.20. The number of nitrogens with zero attached hydrogens (tertiary/aromatic N) is 1. The minimum atomic E-state index is -0.407. The Hall–Kier alpha value is -0.940. The van der Waals surface area contributed by atoms with Crippen molar-refractivity contribution in [3.05, 3.63) is 35.9 Å². The van der Waals surface area contributed by atoms with Gasteiger partial charge in [0.1, 0.15) is 0 Å². The van der Waals surface area contributed by atoms with Crippen molar-refractivity contribution in [2.45, 2.75) is 12.6 Å². The molecule has 3 N–H and O–H groups in total. The van der Waals surface area contributed by atoms with Gasteiger partial charge in [0, 0.05) is 26.2 Å². The molecule has 0 heterocycles. The van der Waals surface area contributed by atoms with Gasteiger partial charge in [-0.25, -0.2) is 0 Å². The highest BCUT2D eigenvalue weighted by Crippen LogP contribution is 2.02. The van der Waals surface area contributed by atoms with Crippen LogP contribution in [0, 0.1) is 0 Å². The van der Waals surface area contributed by atoms with Gasteiger partial charge in [0.25, 0.3) is 0 Å². The fourth-order valence-electron chi connectivity index (χ4n) is 1.73. The highest BCUT2D eigenvalue weighted by Gasteiger charge is 2.07. The first-order chi connectivity index (χ1) is 8.22. The first kappa shape index (κ1) is 14.1. The summed E-state index contributed by atoms with van der Waals surface area (Å²) in [5.41, 5.74) is 1.24. The third-order valence-electron chi connectivity index (χ3n) is 2.49. The molecule has 0 spiro atoms. The van der Waals surface area contributed by atoms with E-state index in [1.54, 1.807) is 0 Å². The van der Waals surface area contributed by atoms with Gasteiger partial charge < -0.3 is 15.5 Å². The Morgan fingerprint density at radius 1 is 1.29 bits per heavy atom. The Kier molecular flexibility index (Phi) is 6.81. The monoisotopic (exact) mass is 238 g/mol. The molecule has 4 heteroatoms. The molecule has 0 fully saturated rings. The molecule has 1 unspecified atom stereocenters. The standard InChI is InChI=1S/C13H22N2O2/c1-15(10-12-5-3-2-4-6-12)11-13(17)9-14-7-8-16/h2-6,13-14,16-17H,7-11H2,1H3. The number of aliphatic hydroxyl groups is 2. The number of aliphatic hydroxyl groups excluding tert-OH is 2. The Bertz CT molecular complexity index is 293. The lowest BCUT2D eigenvalue weighted by atomic mass is 10.2. The molecule has 0 radical (unpaired) electrons. The van der Waals surface area contributed by atoms with Gasteiger partial charge in [-0.2, -0.15) is 0 Å². The van der Waals surface area contributed by atoms with Crippen LogP contribution < -0.4 is 5.32 Å². The predicted octanol–water partition coefficient (Wildman–Crippen LogP) is 0.0612. The summed E-state index contributed by atoms with van der Waals surface area (Å²) in [5, 5.41) is 21.3. The molecule has 1 atom stereocenters. The van der Waals surface area contributed by atoms with Crippen LogP contribution in [0.15, 0.2) is 30.3 Å². The van der Waals surface area contributed by atoms with Crippen molar-refractivity contribution in [3.8, 4) is 0 Å². The quantitative estimate of drug-likeness (QED) is 0.561. The number of hydrogen-bond donors (Lipinski definition) is 3. The van der Waals surface area contributed by atoms with E-state index in [-0.39, 0.29) is 6.61 Å². The van der Waals surface area contributed by atoms with Gasteiger partial charge in [0.2, 0.25) is 0 Å². The largest absolute Gasteiger partial charge is 0.395 e. The molecule has 0 aliphatic heterocycles. The summed E-state index contributed by atoms with van der Waals surface area (Å²) >= 11 is 0. The van der Waals surface area contributed by atoms with Gasteiger partial charge in [0.15, 0.2) is 0 Å². The van der Waals surface area contributed by atoms with E-state index in [0.29, 0.717) is 19.6 Å². The van der Waals surface area contributed by atoms with Crippen LogP contribution in [0.2, 0.25) is 0 Å². The summed E-state index contributed by atoms with van der Waals surface area (Å²) in [6.07, 6.45) is -0.407. The Labute approximate surface area is 103 Å². The van der Waals surface area contributed by atoms with E-state index in [0.717, 1.165) is 6.54 Å². The molecule has 17 heavy (non-hydrogen) atoms. The van der Waals surface area contributed by atoms with E-state index in [9.17, 15) is 5.11 Å². The number of nitrogens with one attached hydrogen (secondary N) is 1. The fourth-order valence-corrected chi connectivity index (χ4v) is 1.73. The summed E-state index contributed by atoms with van der Waals surface area (Å²) in [6.45, 7) is 2.59. The smallest absolute Gasteiger partial charge is 0.0791 e. The SMILES string of the molecule is CN(Cc1ccccc1)CC(O)CNCCO. The molecule has 0 amide bonds. The lowest BCUT2D eigenvalue weighted by Gasteiger charge is -2.20. The van der Waals surface area contributed by atoms with E-state index in [2.05, 4.69) is 22.3 Å². The van der Waals surface area contributed by atoms with Gasteiger partial charge in [-0.15, -0.1) is 0 Å². The number of rotatable bonds is 8. The average molecular weight is 238 g/mol. The van der Waals surface area contributed by atoms with E-state index in [1.807, 2.05) is 25.2 Å². The number of likely N-dealkylation sites (N-methyl/N-ethyl adjacent to an activating group) is 1. The third kappa shape index (κ3) is 6.38. The normalized spacial score (nSPS) is 12.9. The zero-order chi connectivity index (χ0) is 12.5. The maximum absolute atomic E-state index is 9.74. The van der Waals surface area contributed by atoms with Crippen LogP contribution in [0.5, 0.6) is 0 Å². The average Bonchev–Trinajstić information content (AvgIpc) is 2.30. The van der Waals surface area contributed by atoms with Crippen LogP contribution >= 0.6 is 0 Å². The second-order valence-electron chi connectivity index (χ2n) is 4.26. The van der Waals surface area contributed by atoms with Crippen LogP contribution in [-0.2, 0) is 6.54 Å². The number of hydrogen-bond acceptors (Lipinski definition) is 4. The van der Waals surface area contributed by atoms with Gasteiger partial charge in [-0.3, -0.25) is 4.90 Å². The first-order valence-electron chi connectivity index (χ1n) is 5.94. The van der Waals surface area contributed by atoms with Gasteiger partial charge >= 0.3 is 0 Å². The molecule has 1 rings (SSSR count). The van der Waals surface area contributed by atoms with Crippen LogP contribution in [-0.4, -0.2) is 54.5 Å². The maximum atomic E-state index is 9.74. The summed E-state index contributed by atoms with van der Waals surface area (Å²) in [4.78, 5) is 2.08. The summed E-state index contributed by atoms with van der Waals surface area (Å²) in [5.74, 6) is 0. The molecular formula is C13H22N2O2. The molecule has 0 saturated heterocycles. The van der Waals surface area contributed by atoms with Crippen LogP contribution in [0.3, 0.4) is 0 Å². The van der Waals surface area contributed by atoms with Crippen molar-refractivity contribution in [3.63, 3.8) is 0 Å². The van der Waals surface area contributed by atoms with Crippen molar-refractivity contribution in [2.75, 3.05) is 33.3 Å². The van der Waals surface area contributed by atoms with E-state index in [1.165, 1.54) is 5.56 Å². The predicted molar refractivity (Wildman–Crippen MR) is 68.7 cm³/mol. The summed E-state index contributed by atoms with van der Waals surface area (Å²) in [7, 11) is 1.99. The van der Waals surface area contributed by atoms with Crippen molar-refractivity contribution >= 4 is 0 Å². The van der Waals surface area contributed by atoms with Gasteiger partial charge in [-0.1, -0.05) is 30.3 Å². The van der Waals surface area contributed by atoms with Crippen molar-refractivity contribution in [2.24, 2.45) is 0 Å². The lowest BCUT2D eigenvalue weighted by molar-refractivity contribution is 0.120. The lowest BCUT2D eigenvalue weighted by Crippen LogP contribution is -2.37. The molecule has 96 valence electrons. The molecule has 0 aliphatic rings. The van der Waals surface area contributed by atoms with Gasteiger partial charge in [0.05, 0.1) is 12.7 Å². The molecule has 0 aromatic heterocycles. The molecule has 0 bridgehead atoms. The molecule has 1 aromatic rings. The molecular weight excluding hydrogens is 216 g/mol. The second-order valence-corrected chi connectivity index (χ2v) is 4.26. The van der Waals surface area contributed by atoms with Crippen LogP contribution in [0.1, 0.15) is 5.56 Å². The highest BCUT2D eigenvalue weighted by atomic mass is 16.3. The minimum absolute atomic E-state index is 0.104. The van der Waals surface area contributed by atoms with E-state index >= 15 is 0 Å². The highest BCUT2D eigenvalue weighted by molar-refractivity contribution is 5.14. The molecule has 0 saturated carbocycles. The third-order valence-corrected chi connectivity index (χ3v) is 2.49. The Morgan fingerprint density at radius 3 is 2.65 bits per heavy atom. The van der Waals surface area contributed by atoms with Gasteiger partial charge in [-0.05, 0) is 12.6 Å². The summed E-state index contributed by atoms with van der Waals surface area (Å²) < 4.78 is 0. The summed E-state index contributed by atoms with van der Waals surface area (Å²) in [6, 6.07) is 10.2.